The number of methoxy groups -OCH3 is 1. The van der Waals surface area contributed by atoms with Gasteiger partial charge in [0.15, 0.2) is 0 Å². The zero-order valence-corrected chi connectivity index (χ0v) is 11.8. The average Bonchev–Trinajstić information content (AvgIpc) is 2.48. The van der Waals surface area contributed by atoms with Crippen molar-refractivity contribution < 1.29 is 4.74 Å². The van der Waals surface area contributed by atoms with Gasteiger partial charge in [0.05, 0.1) is 12.8 Å². The maximum Gasteiger partial charge on any atom is 0.142 e. The number of nitrogens with two attached hydrogens (primary N) is 1. The zero-order chi connectivity index (χ0) is 13.5. The summed E-state index contributed by atoms with van der Waals surface area (Å²) < 4.78 is 5.56. The minimum Gasteiger partial charge on any atom is -0.495 e. The third-order valence-corrected chi connectivity index (χ3v) is 3.62. The van der Waals surface area contributed by atoms with Crippen molar-refractivity contribution >= 4 is 5.69 Å². The molecule has 19 heavy (non-hydrogen) atoms. The van der Waals surface area contributed by atoms with Crippen LogP contribution in [0.4, 0.5) is 5.69 Å². The topological polar surface area (TPSA) is 50.5 Å². The van der Waals surface area contributed by atoms with E-state index < -0.39 is 0 Å². The summed E-state index contributed by atoms with van der Waals surface area (Å²) in [7, 11) is 1.75. The van der Waals surface area contributed by atoms with Crippen LogP contribution in [0.3, 0.4) is 0 Å². The minimum atomic E-state index is 0.774. The van der Waals surface area contributed by atoms with Crippen LogP contribution >= 0.6 is 0 Å². The molecule has 4 nitrogen and oxygen atoms in total. The maximum absolute atomic E-state index is 5.56. The van der Waals surface area contributed by atoms with Gasteiger partial charge in [-0.05, 0) is 43.5 Å². The third kappa shape index (κ3) is 3.85. The second-order valence-corrected chi connectivity index (χ2v) is 4.99. The van der Waals surface area contributed by atoms with Gasteiger partial charge in [-0.15, -0.1) is 0 Å². The highest BCUT2D eigenvalue weighted by molar-refractivity contribution is 5.60. The van der Waals surface area contributed by atoms with Crippen molar-refractivity contribution in [3.05, 3.63) is 23.8 Å². The molecule has 0 spiro atoms. The normalized spacial score (nSPS) is 15.6. The molecule has 1 saturated heterocycles. The van der Waals surface area contributed by atoms with Gasteiger partial charge in [0, 0.05) is 26.2 Å². The lowest BCUT2D eigenvalue weighted by Gasteiger charge is -2.30. The number of benzene rings is 1. The molecule has 0 atom stereocenters. The molecule has 0 bridgehead atoms. The van der Waals surface area contributed by atoms with E-state index >= 15 is 0 Å². The number of anilines is 1. The fourth-order valence-electron chi connectivity index (χ4n) is 2.52. The van der Waals surface area contributed by atoms with E-state index in [-0.39, 0.29) is 0 Å². The second-order valence-electron chi connectivity index (χ2n) is 4.99. The molecule has 0 aliphatic carbocycles. The Morgan fingerprint density at radius 3 is 2.74 bits per heavy atom. The Morgan fingerprint density at radius 2 is 2.05 bits per heavy atom. The fraction of sp³-hybridized carbons (Fsp3) is 0.600. The highest BCUT2D eigenvalue weighted by Gasteiger charge is 2.14. The number of hydrogen-bond donors (Lipinski definition) is 2. The molecule has 0 amide bonds. The minimum absolute atomic E-state index is 0.774. The Morgan fingerprint density at radius 1 is 1.26 bits per heavy atom. The van der Waals surface area contributed by atoms with Gasteiger partial charge < -0.3 is 20.7 Å². The molecule has 1 fully saturated rings. The van der Waals surface area contributed by atoms with E-state index in [0.29, 0.717) is 0 Å². The van der Waals surface area contributed by atoms with Crippen molar-refractivity contribution in [3.8, 4) is 5.75 Å². The summed E-state index contributed by atoms with van der Waals surface area (Å²) in [6.07, 6.45) is 3.31. The van der Waals surface area contributed by atoms with Crippen LogP contribution < -0.4 is 20.7 Å². The second kappa shape index (κ2) is 7.36. The monoisotopic (exact) mass is 263 g/mol. The molecule has 1 heterocycles. The lowest BCUT2D eigenvalue weighted by atomic mass is 10.1. The van der Waals surface area contributed by atoms with Gasteiger partial charge in [0.1, 0.15) is 5.75 Å². The van der Waals surface area contributed by atoms with Crippen LogP contribution in [0.2, 0.25) is 0 Å². The van der Waals surface area contributed by atoms with E-state index in [4.69, 9.17) is 10.5 Å². The van der Waals surface area contributed by atoms with E-state index in [9.17, 15) is 0 Å². The molecule has 4 heteroatoms. The van der Waals surface area contributed by atoms with Gasteiger partial charge in [-0.1, -0.05) is 6.07 Å². The average molecular weight is 263 g/mol. The molecular weight excluding hydrogens is 238 g/mol. The van der Waals surface area contributed by atoms with Gasteiger partial charge in [0.2, 0.25) is 0 Å². The summed E-state index contributed by atoms with van der Waals surface area (Å²) in [6, 6.07) is 6.59. The van der Waals surface area contributed by atoms with Crippen LogP contribution in [0, 0.1) is 0 Å². The number of ether oxygens (including phenoxy) is 1. The molecule has 1 aliphatic rings. The number of rotatable bonds is 6. The van der Waals surface area contributed by atoms with Crippen LogP contribution in [-0.4, -0.2) is 39.8 Å². The number of hydrogen-bond acceptors (Lipinski definition) is 4. The van der Waals surface area contributed by atoms with Gasteiger partial charge in [-0.3, -0.25) is 0 Å². The highest BCUT2D eigenvalue weighted by atomic mass is 16.5. The molecule has 1 aliphatic heterocycles. The van der Waals surface area contributed by atoms with Crippen LogP contribution in [0.15, 0.2) is 18.2 Å². The summed E-state index contributed by atoms with van der Waals surface area (Å²) in [5.74, 6) is 0.993. The smallest absolute Gasteiger partial charge is 0.142 e. The molecule has 1 aromatic rings. The van der Waals surface area contributed by atoms with E-state index in [1.165, 1.54) is 11.3 Å². The lowest BCUT2D eigenvalue weighted by Crippen LogP contribution is -2.43. The molecule has 106 valence electrons. The quantitative estimate of drug-likeness (QED) is 0.762. The first-order valence-electron chi connectivity index (χ1n) is 7.18. The summed E-state index contributed by atoms with van der Waals surface area (Å²) in [6.45, 7) is 4.95. The Balaban J connectivity index is 2.06. The number of nitrogens with one attached hydrogen (secondary N) is 1. The van der Waals surface area contributed by atoms with Crippen molar-refractivity contribution in [3.63, 3.8) is 0 Å². The first-order chi connectivity index (χ1) is 9.35. The molecular formula is C15H25N3O. The molecule has 1 aromatic carbocycles. The zero-order valence-electron chi connectivity index (χ0n) is 11.8. The predicted octanol–water partition coefficient (Wildman–Crippen LogP) is 1.39. The maximum atomic E-state index is 5.56. The van der Waals surface area contributed by atoms with Crippen LogP contribution in [0.5, 0.6) is 5.75 Å². The summed E-state index contributed by atoms with van der Waals surface area (Å²) in [5.41, 5.74) is 8.08. The van der Waals surface area contributed by atoms with Gasteiger partial charge in [-0.25, -0.2) is 0 Å². The summed E-state index contributed by atoms with van der Waals surface area (Å²) in [4.78, 5) is 2.39. The van der Waals surface area contributed by atoms with Crippen molar-refractivity contribution in [2.45, 2.75) is 19.3 Å². The number of unbranched alkanes of at least 4 members (excludes halogenated alkanes) is 1. The largest absolute Gasteiger partial charge is 0.495 e. The Hall–Kier alpha value is -1.26. The molecule has 0 aromatic heterocycles. The molecule has 2 rings (SSSR count). The van der Waals surface area contributed by atoms with E-state index in [1.54, 1.807) is 7.11 Å². The highest BCUT2D eigenvalue weighted by Crippen LogP contribution is 2.30. The number of piperazine rings is 1. The molecule has 0 saturated carbocycles. The van der Waals surface area contributed by atoms with Gasteiger partial charge in [0.25, 0.3) is 0 Å². The predicted molar refractivity (Wildman–Crippen MR) is 80.1 cm³/mol. The Kier molecular flexibility index (Phi) is 5.48. The van der Waals surface area contributed by atoms with Crippen LogP contribution in [0.25, 0.3) is 0 Å². The summed E-state index contributed by atoms with van der Waals surface area (Å²) >= 11 is 0. The van der Waals surface area contributed by atoms with Crippen LogP contribution in [0.1, 0.15) is 18.4 Å². The molecule has 0 radical (unpaired) electrons. The van der Waals surface area contributed by atoms with Crippen molar-refractivity contribution in [2.24, 2.45) is 5.73 Å². The van der Waals surface area contributed by atoms with Crippen molar-refractivity contribution in [1.82, 2.24) is 5.32 Å². The fourth-order valence-corrected chi connectivity index (χ4v) is 2.52. The number of aryl methyl sites for hydroxylation is 1. The SMILES string of the molecule is COc1cc(CCCCN)ccc1N1CCNCC1. The lowest BCUT2D eigenvalue weighted by molar-refractivity contribution is 0.412. The number of nitrogens with zero attached hydrogens (tertiary/aromatic N) is 1. The van der Waals surface area contributed by atoms with Gasteiger partial charge in [-0.2, -0.15) is 0 Å². The standard InChI is InChI=1S/C15H25N3O/c1-19-15-12-13(4-2-3-7-16)5-6-14(15)18-10-8-17-9-11-18/h5-6,12,17H,2-4,7-11,16H2,1H3. The van der Waals surface area contributed by atoms with Crippen LogP contribution in [-0.2, 0) is 6.42 Å². The summed E-state index contributed by atoms with van der Waals surface area (Å²) in [5, 5.41) is 3.37. The first kappa shape index (κ1) is 14.2. The molecule has 0 unspecified atom stereocenters. The van der Waals surface area contributed by atoms with Crippen molar-refractivity contribution in [2.75, 3.05) is 44.7 Å². The van der Waals surface area contributed by atoms with Crippen molar-refractivity contribution in [1.29, 1.82) is 0 Å². The first-order valence-corrected chi connectivity index (χ1v) is 7.18. The Bertz CT molecular complexity index is 389. The van der Waals surface area contributed by atoms with E-state index in [0.717, 1.165) is 57.7 Å². The van der Waals surface area contributed by atoms with E-state index in [2.05, 4.69) is 28.4 Å². The third-order valence-electron chi connectivity index (χ3n) is 3.62. The molecule has 3 N–H and O–H groups in total. The Labute approximate surface area is 115 Å². The van der Waals surface area contributed by atoms with Gasteiger partial charge >= 0.3 is 0 Å². The van der Waals surface area contributed by atoms with E-state index in [1.807, 2.05) is 0 Å².